The molecule has 0 bridgehead atoms. The van der Waals surface area contributed by atoms with E-state index in [4.69, 9.17) is 16.6 Å². The molecular formula is C23H30ClN3O. The molecule has 0 unspecified atom stereocenters. The van der Waals surface area contributed by atoms with Gasteiger partial charge in [0.05, 0.1) is 11.0 Å². The molecule has 2 aliphatic carbocycles. The Morgan fingerprint density at radius 1 is 1.36 bits per heavy atom. The van der Waals surface area contributed by atoms with Crippen molar-refractivity contribution >= 4 is 28.5 Å². The molecule has 2 N–H and O–H groups in total. The zero-order chi connectivity index (χ0) is 19.8. The van der Waals surface area contributed by atoms with Crippen LogP contribution in [0.3, 0.4) is 0 Å². The van der Waals surface area contributed by atoms with E-state index in [-0.39, 0.29) is 11.8 Å². The molecule has 1 aromatic heterocycles. The molecule has 2 aromatic rings. The van der Waals surface area contributed by atoms with Gasteiger partial charge in [-0.05, 0) is 68.1 Å². The fraction of sp³-hybridized carbons (Fsp3) is 0.565. The third-order valence-electron chi connectivity index (χ3n) is 6.48. The lowest BCUT2D eigenvalue weighted by Gasteiger charge is -2.37. The smallest absolute Gasteiger partial charge is 0.223 e. The molecule has 1 saturated carbocycles. The molecule has 0 spiro atoms. The van der Waals surface area contributed by atoms with Gasteiger partial charge in [-0.2, -0.15) is 0 Å². The number of nitrogens with zero attached hydrogens (tertiary/aromatic N) is 1. The number of hydrogen-bond acceptors (Lipinski definition) is 2. The van der Waals surface area contributed by atoms with Gasteiger partial charge in [0.1, 0.15) is 5.82 Å². The summed E-state index contributed by atoms with van der Waals surface area (Å²) >= 11 is 6.10. The fourth-order valence-corrected chi connectivity index (χ4v) is 4.75. The summed E-state index contributed by atoms with van der Waals surface area (Å²) < 4.78 is 0. The first-order valence-corrected chi connectivity index (χ1v) is 10.9. The lowest BCUT2D eigenvalue weighted by atomic mass is 9.69. The average molecular weight is 400 g/mol. The lowest BCUT2D eigenvalue weighted by molar-refractivity contribution is -0.122. The van der Waals surface area contributed by atoms with Crippen molar-refractivity contribution in [3.05, 3.63) is 40.7 Å². The van der Waals surface area contributed by atoms with Gasteiger partial charge in [-0.1, -0.05) is 37.1 Å². The molecule has 5 heteroatoms. The molecule has 0 saturated heterocycles. The number of hydrogen-bond donors (Lipinski definition) is 2. The van der Waals surface area contributed by atoms with Crippen LogP contribution in [0.4, 0.5) is 0 Å². The second-order valence-electron chi connectivity index (χ2n) is 8.98. The van der Waals surface area contributed by atoms with E-state index in [1.54, 1.807) is 0 Å². The van der Waals surface area contributed by atoms with E-state index in [9.17, 15) is 4.79 Å². The van der Waals surface area contributed by atoms with E-state index < -0.39 is 0 Å². The fourth-order valence-electron chi connectivity index (χ4n) is 4.58. The Hall–Kier alpha value is -1.81. The lowest BCUT2D eigenvalue weighted by Crippen LogP contribution is -2.37. The first-order valence-electron chi connectivity index (χ1n) is 10.5. The van der Waals surface area contributed by atoms with Crippen LogP contribution in [0, 0.1) is 29.6 Å². The standard InChI is InChI=1S/C23H30ClN3O/c1-13(2)19-9-16(10-22-26-20-7-6-18(24)11-21(20)27-22)14(3)8-17(19)12-25-23(28)15-4-5-15/h6-8,11,13,15-17,19H,4-5,9-10,12H2,1-3H3,(H,25,28)(H,26,27)/t16-,17-,19-/m0/s1. The monoisotopic (exact) mass is 399 g/mol. The van der Waals surface area contributed by atoms with Crippen LogP contribution < -0.4 is 5.32 Å². The van der Waals surface area contributed by atoms with Gasteiger partial charge in [0.25, 0.3) is 0 Å². The summed E-state index contributed by atoms with van der Waals surface area (Å²) in [6.45, 7) is 7.60. The molecule has 150 valence electrons. The van der Waals surface area contributed by atoms with Crippen molar-refractivity contribution in [3.8, 4) is 0 Å². The summed E-state index contributed by atoms with van der Waals surface area (Å²) in [5.41, 5.74) is 3.39. The number of benzene rings is 1. The summed E-state index contributed by atoms with van der Waals surface area (Å²) in [6, 6.07) is 5.79. The first kappa shape index (κ1) is 19.5. The quantitative estimate of drug-likeness (QED) is 0.660. The highest BCUT2D eigenvalue weighted by Crippen LogP contribution is 2.39. The van der Waals surface area contributed by atoms with Crippen LogP contribution in [0.1, 0.15) is 45.9 Å². The Morgan fingerprint density at radius 3 is 2.86 bits per heavy atom. The molecular weight excluding hydrogens is 370 g/mol. The van der Waals surface area contributed by atoms with E-state index in [0.717, 1.165) is 54.1 Å². The highest BCUT2D eigenvalue weighted by molar-refractivity contribution is 6.31. The highest BCUT2D eigenvalue weighted by Gasteiger charge is 2.34. The first-order chi connectivity index (χ1) is 13.4. The minimum absolute atomic E-state index is 0.247. The number of aromatic amines is 1. The average Bonchev–Trinajstić information content (AvgIpc) is 3.42. The van der Waals surface area contributed by atoms with E-state index in [1.807, 2.05) is 18.2 Å². The summed E-state index contributed by atoms with van der Waals surface area (Å²) in [7, 11) is 0. The van der Waals surface area contributed by atoms with E-state index in [1.165, 1.54) is 5.57 Å². The van der Waals surface area contributed by atoms with Crippen molar-refractivity contribution in [2.75, 3.05) is 6.54 Å². The van der Waals surface area contributed by atoms with Gasteiger partial charge in [0.2, 0.25) is 5.91 Å². The van der Waals surface area contributed by atoms with Gasteiger partial charge < -0.3 is 10.3 Å². The molecule has 2 aliphatic rings. The number of carbonyl (C=O) groups is 1. The van der Waals surface area contributed by atoms with Crippen LogP contribution in [-0.2, 0) is 11.2 Å². The predicted octanol–water partition coefficient (Wildman–Crippen LogP) is 5.14. The van der Waals surface area contributed by atoms with Gasteiger partial charge in [-0.25, -0.2) is 4.98 Å². The van der Waals surface area contributed by atoms with Gasteiger partial charge in [-0.3, -0.25) is 4.79 Å². The van der Waals surface area contributed by atoms with Crippen molar-refractivity contribution in [2.45, 2.75) is 46.5 Å². The Bertz CT molecular complexity index is 896. The summed E-state index contributed by atoms with van der Waals surface area (Å²) in [6.07, 6.45) is 6.58. The molecule has 4 nitrogen and oxygen atoms in total. The van der Waals surface area contributed by atoms with Crippen molar-refractivity contribution in [3.63, 3.8) is 0 Å². The minimum atomic E-state index is 0.247. The van der Waals surface area contributed by atoms with Crippen LogP contribution in [0.2, 0.25) is 5.02 Å². The molecule has 1 heterocycles. The summed E-state index contributed by atoms with van der Waals surface area (Å²) in [5, 5.41) is 3.92. The third kappa shape index (κ3) is 4.27. The maximum atomic E-state index is 12.1. The number of carbonyl (C=O) groups excluding carboxylic acids is 1. The van der Waals surface area contributed by atoms with Crippen LogP contribution >= 0.6 is 11.6 Å². The van der Waals surface area contributed by atoms with Gasteiger partial charge in [0, 0.05) is 23.9 Å². The maximum Gasteiger partial charge on any atom is 0.223 e. The number of aromatic nitrogens is 2. The SMILES string of the molecule is CC1=C[C@@H](CNC(=O)C2CC2)[C@H](C(C)C)C[C@H]1Cc1nc2ccc(Cl)cc2[nH]1. The second kappa shape index (κ2) is 7.90. The number of amides is 1. The maximum absolute atomic E-state index is 12.1. The highest BCUT2D eigenvalue weighted by atomic mass is 35.5. The van der Waals surface area contributed by atoms with Gasteiger partial charge in [0.15, 0.2) is 0 Å². The Morgan fingerprint density at radius 2 is 2.14 bits per heavy atom. The number of H-pyrrole nitrogens is 1. The molecule has 0 aliphatic heterocycles. The van der Waals surface area contributed by atoms with Crippen LogP contribution in [0.25, 0.3) is 11.0 Å². The second-order valence-corrected chi connectivity index (χ2v) is 9.42. The van der Waals surface area contributed by atoms with E-state index in [0.29, 0.717) is 23.7 Å². The molecule has 28 heavy (non-hydrogen) atoms. The van der Waals surface area contributed by atoms with Gasteiger partial charge >= 0.3 is 0 Å². The normalized spacial score (nSPS) is 25.2. The number of imidazole rings is 1. The van der Waals surface area contributed by atoms with Crippen LogP contribution in [0.15, 0.2) is 29.8 Å². The van der Waals surface area contributed by atoms with Crippen molar-refractivity contribution in [1.82, 2.24) is 15.3 Å². The Kier molecular flexibility index (Phi) is 5.50. The predicted molar refractivity (Wildman–Crippen MR) is 114 cm³/mol. The molecule has 1 aromatic carbocycles. The largest absolute Gasteiger partial charge is 0.355 e. The van der Waals surface area contributed by atoms with Crippen molar-refractivity contribution < 1.29 is 4.79 Å². The molecule has 3 atom stereocenters. The topological polar surface area (TPSA) is 57.8 Å². The molecule has 1 fully saturated rings. The number of rotatable bonds is 6. The number of nitrogens with one attached hydrogen (secondary N) is 2. The summed E-state index contributed by atoms with van der Waals surface area (Å²) in [5.74, 6) is 3.62. The number of halogens is 1. The Balaban J connectivity index is 1.47. The van der Waals surface area contributed by atoms with E-state index in [2.05, 4.69) is 37.1 Å². The van der Waals surface area contributed by atoms with Crippen LogP contribution in [-0.4, -0.2) is 22.4 Å². The van der Waals surface area contributed by atoms with E-state index >= 15 is 0 Å². The van der Waals surface area contributed by atoms with Gasteiger partial charge in [-0.15, -0.1) is 0 Å². The zero-order valence-corrected chi connectivity index (χ0v) is 17.7. The number of fused-ring (bicyclic) bond motifs is 1. The molecule has 1 amide bonds. The molecule has 0 radical (unpaired) electrons. The van der Waals surface area contributed by atoms with Crippen molar-refractivity contribution in [2.24, 2.45) is 29.6 Å². The Labute approximate surface area is 172 Å². The van der Waals surface area contributed by atoms with Crippen LogP contribution in [0.5, 0.6) is 0 Å². The third-order valence-corrected chi connectivity index (χ3v) is 6.71. The molecule has 4 rings (SSSR count). The summed E-state index contributed by atoms with van der Waals surface area (Å²) in [4.78, 5) is 20.3. The zero-order valence-electron chi connectivity index (χ0n) is 17.0. The number of allylic oxidation sites excluding steroid dienone is 1. The minimum Gasteiger partial charge on any atom is -0.355 e. The van der Waals surface area contributed by atoms with Crippen molar-refractivity contribution in [1.29, 1.82) is 0 Å².